The molecule has 0 unspecified atom stereocenters. The van der Waals surface area contributed by atoms with Gasteiger partial charge in [-0.15, -0.1) is 0 Å². The van der Waals surface area contributed by atoms with Gasteiger partial charge in [-0.3, -0.25) is 28.9 Å². The van der Waals surface area contributed by atoms with E-state index >= 15 is 0 Å². The molecule has 11 rings (SSSR count). The number of hydrogen-bond acceptors (Lipinski definition) is 23. The van der Waals surface area contributed by atoms with Crippen molar-refractivity contribution in [3.63, 3.8) is 0 Å². The van der Waals surface area contributed by atoms with Crippen LogP contribution in [-0.2, 0) is 105 Å². The lowest BCUT2D eigenvalue weighted by molar-refractivity contribution is -0.345. The van der Waals surface area contributed by atoms with Gasteiger partial charge in [-0.05, 0) is 65.2 Å². The first-order valence-electron chi connectivity index (χ1n) is 32.0. The van der Waals surface area contributed by atoms with Crippen LogP contribution in [0.5, 0.6) is 0 Å². The van der Waals surface area contributed by atoms with Crippen LogP contribution in [0.25, 0.3) is 0 Å². The molecule has 0 aromatic heterocycles. The van der Waals surface area contributed by atoms with Crippen molar-refractivity contribution in [3.05, 3.63) is 251 Å². The van der Waals surface area contributed by atoms with Gasteiger partial charge in [0.2, 0.25) is 0 Å². The summed E-state index contributed by atoms with van der Waals surface area (Å²) in [6.45, 7) is 1.36. The second kappa shape index (κ2) is 33.6. The predicted octanol–water partition coefficient (Wildman–Crippen LogP) is 8.37. The molecule has 4 aliphatic rings. The lowest BCUT2D eigenvalue weighted by Gasteiger charge is -2.48. The van der Waals surface area contributed by atoms with Gasteiger partial charge >= 0.3 is 35.8 Å². The lowest BCUT2D eigenvalue weighted by atomic mass is 9.94. The van der Waals surface area contributed by atoms with Gasteiger partial charge in [0.25, 0.3) is 11.8 Å². The fraction of sp³-hybridized carbons (Fsp3) is 0.333. The summed E-state index contributed by atoms with van der Waals surface area (Å²) in [7, 11) is 1.44. The molecule has 15 atom stereocenters. The zero-order chi connectivity index (χ0) is 69.4. The maximum absolute atomic E-state index is 14.8. The third-order valence-corrected chi connectivity index (χ3v) is 16.7. The highest BCUT2D eigenvalue weighted by atomic mass is 16.8. The van der Waals surface area contributed by atoms with Crippen LogP contribution in [-0.4, -0.2) is 172 Å². The van der Waals surface area contributed by atoms with Crippen molar-refractivity contribution >= 4 is 47.6 Å². The van der Waals surface area contributed by atoms with Gasteiger partial charge in [0, 0.05) is 27.9 Å². The third kappa shape index (κ3) is 17.5. The Balaban J connectivity index is 1.02. The molecule has 2 amide bonds. The Morgan fingerprint density at radius 1 is 0.343 bits per heavy atom. The van der Waals surface area contributed by atoms with Gasteiger partial charge in [-0.2, -0.15) is 0 Å². The van der Waals surface area contributed by atoms with Crippen molar-refractivity contribution in [1.29, 1.82) is 0 Å². The highest BCUT2D eigenvalue weighted by molar-refractivity contribution is 6.21. The van der Waals surface area contributed by atoms with Gasteiger partial charge in [-0.1, -0.05) is 158 Å². The Morgan fingerprint density at radius 2 is 0.697 bits per heavy atom. The van der Waals surface area contributed by atoms with E-state index in [1.807, 2.05) is 91.0 Å². The second-order valence-corrected chi connectivity index (χ2v) is 23.5. The Kier molecular flexibility index (Phi) is 23.9. The maximum Gasteiger partial charge on any atom is 0.338 e. The van der Waals surface area contributed by atoms with Crippen LogP contribution in [0.15, 0.2) is 206 Å². The second-order valence-electron chi connectivity index (χ2n) is 23.5. The predicted molar refractivity (Wildman–Crippen MR) is 345 cm³/mol. The van der Waals surface area contributed by atoms with Crippen LogP contribution < -0.4 is 0 Å². The molecule has 0 spiro atoms. The standard InChI is InChI=1S/C75H73NO23/c1-45(77)86-42-57-61(92-46(2)78)63(93-47(3)79)59(76-68(80)54-37-23-24-38-55(54)69(76)81)73(94-57)90-44-58-62(97-70(82)51-31-17-8-18-32-51)65(98-71(83)52-33-19-9-20-34-52)67(99-72(84)53-35-21-10-22-36-53)75(96-58)91-43-56-60(87-39-48-25-11-5-12-26-48)64(88-40-49-27-13-6-14-28-49)66(74(85-4)95-56)89-41-50-29-15-7-16-30-50/h5-38,56-67,73-75H,39-44H2,1-4H3/t56-,57-,58-,59-,60-,61-,62-,63-,64+,65+,66-,67-,73-,74+,75-/m1/s1. The largest absolute Gasteiger partial charge is 0.463 e. The van der Waals surface area contributed by atoms with E-state index in [9.17, 15) is 38.4 Å². The number of benzene rings is 7. The number of hydrogen-bond donors (Lipinski definition) is 0. The Labute approximate surface area is 570 Å². The van der Waals surface area contributed by atoms with Crippen molar-refractivity contribution in [2.45, 2.75) is 133 Å². The van der Waals surface area contributed by atoms with Crippen molar-refractivity contribution in [3.8, 4) is 0 Å². The molecule has 4 aliphatic heterocycles. The molecule has 0 radical (unpaired) electrons. The minimum absolute atomic E-state index is 0.00985. The highest BCUT2D eigenvalue weighted by Gasteiger charge is 2.60. The number of carbonyl (C=O) groups is 8. The van der Waals surface area contributed by atoms with Crippen LogP contribution in [0, 0.1) is 0 Å². The summed E-state index contributed by atoms with van der Waals surface area (Å²) in [4.78, 5) is 113. The molecule has 4 heterocycles. The maximum atomic E-state index is 14.8. The molecule has 99 heavy (non-hydrogen) atoms. The third-order valence-electron chi connectivity index (χ3n) is 16.7. The van der Waals surface area contributed by atoms with Crippen molar-refractivity contribution in [1.82, 2.24) is 4.90 Å². The molecular weight excluding hydrogens is 1280 g/mol. The molecule has 516 valence electrons. The van der Waals surface area contributed by atoms with Gasteiger partial charge in [0.05, 0.1) is 60.9 Å². The molecule has 0 bridgehead atoms. The van der Waals surface area contributed by atoms with E-state index < -0.39 is 160 Å². The van der Waals surface area contributed by atoms with E-state index in [1.54, 1.807) is 54.6 Å². The zero-order valence-corrected chi connectivity index (χ0v) is 54.4. The number of imide groups is 1. The van der Waals surface area contributed by atoms with E-state index in [0.717, 1.165) is 42.4 Å². The van der Waals surface area contributed by atoms with Crippen molar-refractivity contribution < 1.29 is 109 Å². The minimum Gasteiger partial charge on any atom is -0.463 e. The zero-order valence-electron chi connectivity index (χ0n) is 54.4. The number of rotatable bonds is 27. The van der Waals surface area contributed by atoms with E-state index in [4.69, 9.17) is 71.1 Å². The van der Waals surface area contributed by atoms with E-state index in [0.29, 0.717) is 0 Å². The summed E-state index contributed by atoms with van der Waals surface area (Å²) in [6.07, 6.45) is -21.7. The van der Waals surface area contributed by atoms with Crippen LogP contribution in [0.4, 0.5) is 0 Å². The molecule has 0 N–H and O–H groups in total. The Hall–Kier alpha value is -9.86. The van der Waals surface area contributed by atoms with Crippen LogP contribution >= 0.6 is 0 Å². The fourth-order valence-corrected chi connectivity index (χ4v) is 12.1. The number of methoxy groups -OCH3 is 1. The van der Waals surface area contributed by atoms with Crippen LogP contribution in [0.2, 0.25) is 0 Å². The SMILES string of the molecule is CO[C@H]1O[C@H](CO[C@@H]2O[C@H](CO[C@@H]3O[C@H](COC(C)=O)[C@@H](OC(C)=O)[C@H](OC(C)=O)[C@H]3N3C(=O)c4ccccc4C3=O)[C@@H](OC(=O)c3ccccc3)[C@H](OC(=O)c3ccccc3)[C@H]2OC(=O)c2ccccc2)[C@@H](OCc2ccccc2)[C@H](OCc2ccccc2)[C@H]1OCc1ccccc1. The Morgan fingerprint density at radius 3 is 1.15 bits per heavy atom. The number of fused-ring (bicyclic) bond motifs is 1. The molecule has 24 nitrogen and oxygen atoms in total. The summed E-state index contributed by atoms with van der Waals surface area (Å²) in [6, 6.07) is 55.7. The number of esters is 6. The molecule has 3 fully saturated rings. The first kappa shape index (κ1) is 70.5. The summed E-state index contributed by atoms with van der Waals surface area (Å²) in [5.74, 6) is -7.43. The summed E-state index contributed by atoms with van der Waals surface area (Å²) in [5, 5.41) is 0. The fourth-order valence-electron chi connectivity index (χ4n) is 12.1. The van der Waals surface area contributed by atoms with Crippen LogP contribution in [0.1, 0.15) is 89.3 Å². The smallest absolute Gasteiger partial charge is 0.338 e. The Bertz CT molecular complexity index is 3840. The first-order chi connectivity index (χ1) is 48.1. The molecule has 7 aromatic rings. The first-order valence-corrected chi connectivity index (χ1v) is 32.0. The quantitative estimate of drug-likeness (QED) is 0.0265. The summed E-state index contributed by atoms with van der Waals surface area (Å²) >= 11 is 0. The molecule has 7 aromatic carbocycles. The number of nitrogens with zero attached hydrogens (tertiary/aromatic N) is 1. The monoisotopic (exact) mass is 1360 g/mol. The average Bonchev–Trinajstić information content (AvgIpc) is 1.28. The van der Waals surface area contributed by atoms with E-state index in [1.165, 1.54) is 67.8 Å². The number of amides is 2. The van der Waals surface area contributed by atoms with Crippen molar-refractivity contribution in [2.75, 3.05) is 26.9 Å². The van der Waals surface area contributed by atoms with Crippen molar-refractivity contribution in [2.24, 2.45) is 0 Å². The lowest BCUT2D eigenvalue weighted by Crippen LogP contribution is -2.68. The van der Waals surface area contributed by atoms with Gasteiger partial charge in [0.1, 0.15) is 49.3 Å². The van der Waals surface area contributed by atoms with E-state index in [2.05, 4.69) is 0 Å². The summed E-state index contributed by atoms with van der Waals surface area (Å²) in [5.41, 5.74) is 2.40. The highest BCUT2D eigenvalue weighted by Crippen LogP contribution is 2.39. The average molecular weight is 1360 g/mol. The topological polar surface area (TPSA) is 278 Å². The molecular formula is C75H73NO23. The van der Waals surface area contributed by atoms with Gasteiger partial charge in [0.15, 0.2) is 49.4 Å². The van der Waals surface area contributed by atoms with Gasteiger partial charge < -0.3 is 71.1 Å². The number of ether oxygens (including phenoxy) is 15. The molecule has 3 saturated heterocycles. The molecule has 24 heteroatoms. The van der Waals surface area contributed by atoms with Crippen LogP contribution in [0.3, 0.4) is 0 Å². The molecule has 0 aliphatic carbocycles. The van der Waals surface area contributed by atoms with E-state index in [-0.39, 0.29) is 47.6 Å². The normalized spacial score (nSPS) is 25.7. The van der Waals surface area contributed by atoms with Gasteiger partial charge in [-0.25, -0.2) is 14.4 Å². The number of carbonyl (C=O) groups excluding carboxylic acids is 8. The minimum atomic E-state index is -1.95. The molecule has 0 saturated carbocycles. The summed E-state index contributed by atoms with van der Waals surface area (Å²) < 4.78 is 97.0.